The molecule has 0 radical (unpaired) electrons. The van der Waals surface area contributed by atoms with Gasteiger partial charge in [-0.3, -0.25) is 9.59 Å². The first-order valence-corrected chi connectivity index (χ1v) is 11.6. The Morgan fingerprint density at radius 3 is 2.74 bits per heavy atom. The molecule has 1 aliphatic carbocycles. The molecule has 7 heteroatoms. The van der Waals surface area contributed by atoms with Crippen molar-refractivity contribution >= 4 is 22.2 Å². The molecule has 2 heterocycles. The van der Waals surface area contributed by atoms with E-state index in [2.05, 4.69) is 21.5 Å². The zero-order valence-corrected chi connectivity index (χ0v) is 18.8. The van der Waals surface area contributed by atoms with E-state index in [-0.39, 0.29) is 22.8 Å². The number of aromatic amines is 1. The first kappa shape index (κ1) is 20.9. The van der Waals surface area contributed by atoms with Crippen molar-refractivity contribution in [2.75, 3.05) is 0 Å². The molecule has 1 amide bonds. The van der Waals surface area contributed by atoms with Crippen LogP contribution in [0.15, 0.2) is 77.7 Å². The number of amides is 1. The monoisotopic (exact) mass is 459 g/mol. The molecule has 2 aromatic heterocycles. The molecule has 6 rings (SSSR count). The van der Waals surface area contributed by atoms with Gasteiger partial charge in [-0.1, -0.05) is 60.7 Å². The van der Waals surface area contributed by atoms with E-state index in [0.29, 0.717) is 5.69 Å². The smallest absolute Gasteiger partial charge is 0.275 e. The molecular weight excluding hydrogens is 438 g/mol. The summed E-state index contributed by atoms with van der Waals surface area (Å²) in [6, 6.07) is 23.8. The van der Waals surface area contributed by atoms with Crippen molar-refractivity contribution < 1.29 is 4.79 Å². The summed E-state index contributed by atoms with van der Waals surface area (Å²) in [5, 5.41) is 19.4. The van der Waals surface area contributed by atoms with Crippen molar-refractivity contribution in [2.45, 2.75) is 25.3 Å². The lowest BCUT2D eigenvalue weighted by Gasteiger charge is -2.26. The number of aryl methyl sites for hydroxylation is 1. The first-order valence-electron chi connectivity index (χ1n) is 11.6. The van der Waals surface area contributed by atoms with Crippen molar-refractivity contribution in [1.82, 2.24) is 19.9 Å². The van der Waals surface area contributed by atoms with Crippen LogP contribution in [0.25, 0.3) is 27.5 Å². The van der Waals surface area contributed by atoms with Crippen molar-refractivity contribution in [2.24, 2.45) is 0 Å². The molecule has 0 fully saturated rings. The predicted molar refractivity (Wildman–Crippen MR) is 133 cm³/mol. The zero-order valence-electron chi connectivity index (χ0n) is 18.8. The normalized spacial score (nSPS) is 15.0. The van der Waals surface area contributed by atoms with Gasteiger partial charge in [0, 0.05) is 5.56 Å². The number of rotatable bonds is 3. The molecule has 7 nitrogen and oxygen atoms in total. The van der Waals surface area contributed by atoms with Gasteiger partial charge in [0.2, 0.25) is 0 Å². The Labute approximate surface area is 200 Å². The number of nitrogens with zero attached hydrogens (tertiary/aromatic N) is 3. The van der Waals surface area contributed by atoms with E-state index >= 15 is 0 Å². The molecule has 0 spiro atoms. The summed E-state index contributed by atoms with van der Waals surface area (Å²) in [4.78, 5) is 29.1. The summed E-state index contributed by atoms with van der Waals surface area (Å²) in [5.41, 5.74) is 3.18. The first-order chi connectivity index (χ1) is 17.1. The molecule has 170 valence electrons. The number of nitrogens with one attached hydrogen (secondary N) is 2. The summed E-state index contributed by atoms with van der Waals surface area (Å²) in [5.74, 6) is -0.460. The number of benzene rings is 3. The maximum absolute atomic E-state index is 13.2. The highest BCUT2D eigenvalue weighted by Crippen LogP contribution is 2.30. The van der Waals surface area contributed by atoms with Crippen LogP contribution >= 0.6 is 0 Å². The molecule has 0 bridgehead atoms. The van der Waals surface area contributed by atoms with Crippen LogP contribution in [-0.4, -0.2) is 20.5 Å². The Morgan fingerprint density at radius 1 is 1.09 bits per heavy atom. The minimum Gasteiger partial charge on any atom is -0.344 e. The van der Waals surface area contributed by atoms with E-state index in [4.69, 9.17) is 0 Å². The Hall–Kier alpha value is -4.70. The summed E-state index contributed by atoms with van der Waals surface area (Å²) in [6.07, 6.45) is 4.40. The number of hydrogen-bond donors (Lipinski definition) is 2. The van der Waals surface area contributed by atoms with Crippen molar-refractivity contribution in [3.63, 3.8) is 0 Å². The molecule has 2 N–H and O–H groups in total. The molecule has 0 saturated carbocycles. The van der Waals surface area contributed by atoms with Crippen LogP contribution in [0, 0.1) is 11.3 Å². The molecule has 35 heavy (non-hydrogen) atoms. The van der Waals surface area contributed by atoms with Crippen molar-refractivity contribution in [3.05, 3.63) is 106 Å². The second-order valence-corrected chi connectivity index (χ2v) is 8.80. The molecule has 0 unspecified atom stereocenters. The van der Waals surface area contributed by atoms with Crippen LogP contribution < -0.4 is 10.9 Å². The lowest BCUT2D eigenvalue weighted by atomic mass is 9.87. The highest BCUT2D eigenvalue weighted by Gasteiger charge is 2.27. The SMILES string of the molecule is N#Cc1c(C(=O)N[C@@H]2CCCc3ccccc32)nn2cc(-c3ccc4ccccc4c3)[nH]c(=O)c12. The van der Waals surface area contributed by atoms with E-state index < -0.39 is 11.5 Å². The van der Waals surface area contributed by atoms with E-state index in [9.17, 15) is 14.9 Å². The van der Waals surface area contributed by atoms with Crippen molar-refractivity contribution in [1.29, 1.82) is 5.26 Å². The van der Waals surface area contributed by atoms with Gasteiger partial charge in [0.25, 0.3) is 11.5 Å². The van der Waals surface area contributed by atoms with Crippen LogP contribution in [0.2, 0.25) is 0 Å². The van der Waals surface area contributed by atoms with Gasteiger partial charge >= 0.3 is 0 Å². The quantitative estimate of drug-likeness (QED) is 0.414. The largest absolute Gasteiger partial charge is 0.344 e. The van der Waals surface area contributed by atoms with E-state index in [1.54, 1.807) is 6.20 Å². The number of hydrogen-bond acceptors (Lipinski definition) is 4. The van der Waals surface area contributed by atoms with Gasteiger partial charge in [0.05, 0.1) is 17.9 Å². The third-order valence-electron chi connectivity index (χ3n) is 6.69. The van der Waals surface area contributed by atoms with Gasteiger partial charge in [-0.25, -0.2) is 4.52 Å². The Kier molecular flexibility index (Phi) is 4.93. The van der Waals surface area contributed by atoms with E-state index in [1.165, 1.54) is 10.1 Å². The van der Waals surface area contributed by atoms with Crippen molar-refractivity contribution in [3.8, 4) is 17.3 Å². The Morgan fingerprint density at radius 2 is 1.89 bits per heavy atom. The van der Waals surface area contributed by atoms with Crippen LogP contribution in [0.1, 0.15) is 46.1 Å². The van der Waals surface area contributed by atoms with Gasteiger partial charge in [0.1, 0.15) is 17.1 Å². The predicted octanol–water partition coefficient (Wildman–Crippen LogP) is 4.52. The molecule has 5 aromatic rings. The van der Waals surface area contributed by atoms with Gasteiger partial charge in [-0.15, -0.1) is 0 Å². The topological polar surface area (TPSA) is 103 Å². The zero-order chi connectivity index (χ0) is 23.9. The fraction of sp³-hybridized carbons (Fsp3) is 0.143. The summed E-state index contributed by atoms with van der Waals surface area (Å²) in [6.45, 7) is 0. The number of nitriles is 1. The molecule has 3 aromatic carbocycles. The highest BCUT2D eigenvalue weighted by molar-refractivity contribution is 5.97. The Bertz CT molecular complexity index is 1720. The summed E-state index contributed by atoms with van der Waals surface area (Å²) < 4.78 is 1.34. The average molecular weight is 460 g/mol. The second-order valence-electron chi connectivity index (χ2n) is 8.80. The van der Waals surface area contributed by atoms with Crippen LogP contribution in [0.5, 0.6) is 0 Å². The maximum Gasteiger partial charge on any atom is 0.275 e. The third kappa shape index (κ3) is 3.56. The van der Waals surface area contributed by atoms with Gasteiger partial charge in [-0.05, 0) is 47.2 Å². The van der Waals surface area contributed by atoms with Gasteiger partial charge in [-0.2, -0.15) is 10.4 Å². The fourth-order valence-corrected chi connectivity index (χ4v) is 4.98. The summed E-state index contributed by atoms with van der Waals surface area (Å²) in [7, 11) is 0. The molecule has 1 aliphatic rings. The van der Waals surface area contributed by atoms with Crippen LogP contribution in [-0.2, 0) is 6.42 Å². The minimum absolute atomic E-state index is 0.0297. The number of fused-ring (bicyclic) bond motifs is 3. The van der Waals surface area contributed by atoms with Gasteiger partial charge in [0.15, 0.2) is 5.69 Å². The number of carbonyl (C=O) groups is 1. The number of carbonyl (C=O) groups excluding carboxylic acids is 1. The highest BCUT2D eigenvalue weighted by atomic mass is 16.2. The molecule has 1 atom stereocenters. The lowest BCUT2D eigenvalue weighted by molar-refractivity contribution is 0.0927. The Balaban J connectivity index is 1.40. The molecule has 0 aliphatic heterocycles. The minimum atomic E-state index is -0.471. The number of H-pyrrole nitrogens is 1. The lowest BCUT2D eigenvalue weighted by Crippen LogP contribution is -2.31. The summed E-state index contributed by atoms with van der Waals surface area (Å²) >= 11 is 0. The standard InChI is InChI=1S/C28H21N5O2/c29-15-22-25(27(34)30-23-11-5-9-18-7-3-4-10-21(18)23)32-33-16-24(31-28(35)26(22)33)20-13-12-17-6-1-2-8-19(17)14-20/h1-4,6-8,10,12-14,16,23H,5,9,11H2,(H,30,34)(H,31,35)/t23-/m1/s1. The third-order valence-corrected chi connectivity index (χ3v) is 6.69. The maximum atomic E-state index is 13.2. The average Bonchev–Trinajstić information content (AvgIpc) is 3.28. The fourth-order valence-electron chi connectivity index (χ4n) is 4.98. The van der Waals surface area contributed by atoms with E-state index in [1.807, 2.05) is 66.7 Å². The van der Waals surface area contributed by atoms with Gasteiger partial charge < -0.3 is 10.3 Å². The van der Waals surface area contributed by atoms with Crippen LogP contribution in [0.4, 0.5) is 0 Å². The van der Waals surface area contributed by atoms with Crippen LogP contribution in [0.3, 0.4) is 0 Å². The number of aromatic nitrogens is 3. The second kappa shape index (κ2) is 8.26. The molecule has 0 saturated heterocycles. The molecular formula is C28H21N5O2. The van der Waals surface area contributed by atoms with E-state index in [0.717, 1.165) is 41.2 Å².